The highest BCUT2D eigenvalue weighted by atomic mass is 16.1. The molecule has 2 aromatic heterocycles. The summed E-state index contributed by atoms with van der Waals surface area (Å²) in [6.07, 6.45) is 6.20. The van der Waals surface area contributed by atoms with Gasteiger partial charge in [-0.05, 0) is 41.4 Å². The van der Waals surface area contributed by atoms with Crippen LogP contribution in [-0.2, 0) is 16.6 Å². The Morgan fingerprint density at radius 2 is 2.08 bits per heavy atom. The van der Waals surface area contributed by atoms with E-state index >= 15 is 0 Å². The Balaban J connectivity index is 1.59. The van der Waals surface area contributed by atoms with Crippen LogP contribution in [-0.4, -0.2) is 20.5 Å². The Hall–Kier alpha value is -2.69. The van der Waals surface area contributed by atoms with E-state index in [1.54, 1.807) is 10.7 Å². The van der Waals surface area contributed by atoms with Crippen LogP contribution in [0, 0.1) is 0 Å². The number of rotatable bonds is 3. The average Bonchev–Trinajstić information content (AvgIpc) is 3.15. The van der Waals surface area contributed by atoms with E-state index in [0.29, 0.717) is 18.2 Å². The first-order chi connectivity index (χ1) is 12.4. The second-order valence-corrected chi connectivity index (χ2v) is 8.05. The summed E-state index contributed by atoms with van der Waals surface area (Å²) in [5.41, 5.74) is 4.28. The number of carbonyl (C=O) groups excluding carboxylic acids is 1. The molecule has 0 spiro atoms. The van der Waals surface area contributed by atoms with Crippen molar-refractivity contribution in [2.24, 2.45) is 0 Å². The van der Waals surface area contributed by atoms with E-state index in [2.05, 4.69) is 60.4 Å². The maximum absolute atomic E-state index is 12.8. The Morgan fingerprint density at radius 3 is 2.88 bits per heavy atom. The van der Waals surface area contributed by atoms with Crippen molar-refractivity contribution < 1.29 is 4.79 Å². The van der Waals surface area contributed by atoms with Gasteiger partial charge in [-0.2, -0.15) is 0 Å². The molecule has 1 unspecified atom stereocenters. The molecule has 1 aliphatic rings. The van der Waals surface area contributed by atoms with Gasteiger partial charge < -0.3 is 5.32 Å². The number of benzene rings is 1. The van der Waals surface area contributed by atoms with Crippen LogP contribution in [0.15, 0.2) is 42.7 Å². The van der Waals surface area contributed by atoms with Gasteiger partial charge in [0.2, 0.25) is 5.91 Å². The van der Waals surface area contributed by atoms with Gasteiger partial charge in [0, 0.05) is 24.4 Å². The predicted octanol–water partition coefficient (Wildman–Crippen LogP) is 4.09. The van der Waals surface area contributed by atoms with Gasteiger partial charge in [-0.25, -0.2) is 9.50 Å². The lowest BCUT2D eigenvalue weighted by Crippen LogP contribution is -2.19. The van der Waals surface area contributed by atoms with E-state index in [1.807, 2.05) is 12.3 Å². The third-order valence-electron chi connectivity index (χ3n) is 5.09. The van der Waals surface area contributed by atoms with E-state index < -0.39 is 0 Å². The SMILES string of the molecule is CC(C)(C)c1c(NC(=O)CC2CCc3ccccc32)nn2cccnc12. The summed E-state index contributed by atoms with van der Waals surface area (Å²) in [6.45, 7) is 6.34. The zero-order valence-electron chi connectivity index (χ0n) is 15.5. The molecular formula is C21H24N4O. The van der Waals surface area contributed by atoms with Gasteiger partial charge >= 0.3 is 0 Å². The van der Waals surface area contributed by atoms with E-state index in [-0.39, 0.29) is 11.3 Å². The number of carbonyl (C=O) groups is 1. The van der Waals surface area contributed by atoms with Gasteiger partial charge in [-0.1, -0.05) is 45.0 Å². The third kappa shape index (κ3) is 2.98. The maximum Gasteiger partial charge on any atom is 0.226 e. The lowest BCUT2D eigenvalue weighted by molar-refractivity contribution is -0.116. The smallest absolute Gasteiger partial charge is 0.226 e. The number of amides is 1. The first-order valence-electron chi connectivity index (χ1n) is 9.15. The van der Waals surface area contributed by atoms with Crippen molar-refractivity contribution in [3.63, 3.8) is 0 Å². The molecule has 1 amide bonds. The second kappa shape index (κ2) is 6.24. The van der Waals surface area contributed by atoms with E-state index in [1.165, 1.54) is 11.1 Å². The monoisotopic (exact) mass is 348 g/mol. The van der Waals surface area contributed by atoms with Crippen LogP contribution in [0.3, 0.4) is 0 Å². The van der Waals surface area contributed by atoms with Gasteiger partial charge in [-0.15, -0.1) is 5.10 Å². The third-order valence-corrected chi connectivity index (χ3v) is 5.09. The molecule has 0 fully saturated rings. The molecule has 1 atom stereocenters. The zero-order valence-corrected chi connectivity index (χ0v) is 15.5. The fourth-order valence-electron chi connectivity index (χ4n) is 3.93. The van der Waals surface area contributed by atoms with Gasteiger partial charge in [0.15, 0.2) is 11.5 Å². The fourth-order valence-corrected chi connectivity index (χ4v) is 3.93. The summed E-state index contributed by atoms with van der Waals surface area (Å²) in [5, 5.41) is 7.61. The molecule has 0 saturated heterocycles. The molecule has 3 aromatic rings. The molecule has 1 aliphatic carbocycles. The van der Waals surface area contributed by atoms with Crippen LogP contribution in [0.5, 0.6) is 0 Å². The lowest BCUT2D eigenvalue weighted by Gasteiger charge is -2.19. The normalized spacial score (nSPS) is 16.7. The number of aromatic nitrogens is 3. The minimum absolute atomic E-state index is 0.0145. The predicted molar refractivity (Wildman–Crippen MR) is 102 cm³/mol. The molecule has 4 rings (SSSR count). The molecule has 5 heteroatoms. The van der Waals surface area contributed by atoms with Crippen LogP contribution >= 0.6 is 0 Å². The largest absolute Gasteiger partial charge is 0.309 e. The van der Waals surface area contributed by atoms with Gasteiger partial charge in [0.1, 0.15) is 0 Å². The minimum atomic E-state index is -0.168. The number of nitrogens with zero attached hydrogens (tertiary/aromatic N) is 3. The van der Waals surface area contributed by atoms with Crippen LogP contribution in [0.1, 0.15) is 56.2 Å². The topological polar surface area (TPSA) is 59.3 Å². The Bertz CT molecular complexity index is 968. The number of fused-ring (bicyclic) bond motifs is 2. The van der Waals surface area contributed by atoms with Crippen molar-refractivity contribution in [1.29, 1.82) is 0 Å². The molecule has 134 valence electrons. The molecule has 5 nitrogen and oxygen atoms in total. The van der Waals surface area contributed by atoms with Crippen molar-refractivity contribution in [1.82, 2.24) is 14.6 Å². The second-order valence-electron chi connectivity index (χ2n) is 8.05. The highest BCUT2D eigenvalue weighted by molar-refractivity contribution is 5.92. The molecule has 1 N–H and O–H groups in total. The Labute approximate surface area is 153 Å². The van der Waals surface area contributed by atoms with Gasteiger partial charge in [0.25, 0.3) is 0 Å². The lowest BCUT2D eigenvalue weighted by atomic mass is 9.88. The Morgan fingerprint density at radius 1 is 1.27 bits per heavy atom. The van der Waals surface area contributed by atoms with Gasteiger partial charge in [-0.3, -0.25) is 4.79 Å². The maximum atomic E-state index is 12.8. The van der Waals surface area contributed by atoms with Crippen LogP contribution in [0.2, 0.25) is 0 Å². The minimum Gasteiger partial charge on any atom is -0.309 e. The van der Waals surface area contributed by atoms with Crippen LogP contribution in [0.25, 0.3) is 5.65 Å². The number of aryl methyl sites for hydroxylation is 1. The molecule has 0 radical (unpaired) electrons. The van der Waals surface area contributed by atoms with Crippen molar-refractivity contribution in [2.75, 3.05) is 5.32 Å². The van der Waals surface area contributed by atoms with Crippen molar-refractivity contribution in [3.8, 4) is 0 Å². The highest BCUT2D eigenvalue weighted by Gasteiger charge is 2.28. The molecule has 0 aliphatic heterocycles. The summed E-state index contributed by atoms with van der Waals surface area (Å²) in [7, 11) is 0. The van der Waals surface area contributed by atoms with Crippen LogP contribution < -0.4 is 5.32 Å². The van der Waals surface area contributed by atoms with E-state index in [4.69, 9.17) is 0 Å². The number of hydrogen-bond acceptors (Lipinski definition) is 3. The average molecular weight is 348 g/mol. The van der Waals surface area contributed by atoms with Crippen molar-refractivity contribution in [2.45, 2.75) is 51.4 Å². The first-order valence-corrected chi connectivity index (χ1v) is 9.15. The van der Waals surface area contributed by atoms with E-state index in [9.17, 15) is 4.79 Å². The van der Waals surface area contributed by atoms with Crippen molar-refractivity contribution >= 4 is 17.4 Å². The number of hydrogen-bond donors (Lipinski definition) is 1. The van der Waals surface area contributed by atoms with E-state index in [0.717, 1.165) is 24.1 Å². The van der Waals surface area contributed by atoms with Crippen molar-refractivity contribution in [3.05, 3.63) is 59.4 Å². The number of anilines is 1. The number of nitrogens with one attached hydrogen (secondary N) is 1. The first kappa shape index (κ1) is 16.8. The van der Waals surface area contributed by atoms with Crippen LogP contribution in [0.4, 0.5) is 5.82 Å². The standard InChI is InChI=1S/C21H24N4O/c1-21(2,3)18-19(24-25-12-6-11-22-20(18)25)23-17(26)13-15-10-9-14-7-4-5-8-16(14)15/h4-8,11-12,15H,9-10,13H2,1-3H3,(H,23,24,26). The molecule has 2 heterocycles. The highest BCUT2D eigenvalue weighted by Crippen LogP contribution is 2.36. The Kier molecular flexibility index (Phi) is 4.02. The van der Waals surface area contributed by atoms with Gasteiger partial charge in [0.05, 0.1) is 0 Å². The summed E-state index contributed by atoms with van der Waals surface area (Å²) < 4.78 is 1.74. The summed E-state index contributed by atoms with van der Waals surface area (Å²) in [6, 6.07) is 10.3. The summed E-state index contributed by atoms with van der Waals surface area (Å²) in [5.74, 6) is 0.924. The molecule has 1 aromatic carbocycles. The summed E-state index contributed by atoms with van der Waals surface area (Å²) >= 11 is 0. The molecule has 0 saturated carbocycles. The fraction of sp³-hybridized carbons (Fsp3) is 0.381. The summed E-state index contributed by atoms with van der Waals surface area (Å²) in [4.78, 5) is 17.2. The quantitative estimate of drug-likeness (QED) is 0.776. The molecular weight excluding hydrogens is 324 g/mol. The molecule has 0 bridgehead atoms. The zero-order chi connectivity index (χ0) is 18.3. The molecule has 26 heavy (non-hydrogen) atoms.